The first-order chi connectivity index (χ1) is 8.44. The van der Waals surface area contributed by atoms with Crippen molar-refractivity contribution in [3.63, 3.8) is 0 Å². The van der Waals surface area contributed by atoms with Crippen molar-refractivity contribution in [3.8, 4) is 0 Å². The molecule has 19 heavy (non-hydrogen) atoms. The second kappa shape index (κ2) is 4.42. The normalized spacial score (nSPS) is 24.4. The Balaban J connectivity index is 3.42. The van der Waals surface area contributed by atoms with E-state index in [1.54, 1.807) is 5.32 Å². The molecule has 1 unspecified atom stereocenters. The molecule has 0 aliphatic carbocycles. The van der Waals surface area contributed by atoms with Crippen LogP contribution < -0.4 is 5.32 Å². The molecule has 0 spiro atoms. The Morgan fingerprint density at radius 1 is 1.37 bits per heavy atom. The molecule has 0 radical (unpaired) electrons. The Kier molecular flexibility index (Phi) is 3.57. The molecular formula is C9H8F6N2O2. The van der Waals surface area contributed by atoms with Gasteiger partial charge in [-0.15, -0.1) is 0 Å². The smallest absolute Gasteiger partial charge is 0.433 e. The largest absolute Gasteiger partial charge is 0.478 e. The predicted octanol–water partition coefficient (Wildman–Crippen LogP) is 2.23. The average Bonchev–Trinajstić information content (AvgIpc) is 2.25. The topological polar surface area (TPSA) is 61.7 Å². The van der Waals surface area contributed by atoms with Gasteiger partial charge in [0.25, 0.3) is 0 Å². The Bertz CT molecular complexity index is 451. The van der Waals surface area contributed by atoms with Crippen LogP contribution in [-0.2, 0) is 4.79 Å². The first-order valence-corrected chi connectivity index (χ1v) is 4.90. The zero-order chi connectivity index (χ0) is 15.1. The van der Waals surface area contributed by atoms with Crippen molar-refractivity contribution in [2.24, 2.45) is 4.99 Å². The summed E-state index contributed by atoms with van der Waals surface area (Å²) < 4.78 is 76.1. The number of carboxylic acid groups (broad SMARTS) is 1. The number of aliphatic imine (C=N–C) groups is 1. The summed E-state index contributed by atoms with van der Waals surface area (Å²) in [6, 6.07) is 0. The molecule has 0 aromatic rings. The van der Waals surface area contributed by atoms with Crippen LogP contribution in [0.2, 0.25) is 0 Å². The zero-order valence-corrected chi connectivity index (χ0v) is 9.35. The van der Waals surface area contributed by atoms with Crippen molar-refractivity contribution in [2.75, 3.05) is 0 Å². The highest BCUT2D eigenvalue weighted by Crippen LogP contribution is 2.38. The number of hydrogen-bond acceptors (Lipinski definition) is 3. The highest BCUT2D eigenvalue weighted by Gasteiger charge is 2.57. The lowest BCUT2D eigenvalue weighted by Crippen LogP contribution is -2.56. The van der Waals surface area contributed by atoms with E-state index in [1.807, 2.05) is 0 Å². The molecule has 2 N–H and O–H groups in total. The van der Waals surface area contributed by atoms with Crippen molar-refractivity contribution in [1.29, 1.82) is 0 Å². The Hall–Kier alpha value is -1.74. The summed E-state index contributed by atoms with van der Waals surface area (Å²) in [5.41, 5.74) is -6.59. The summed E-state index contributed by atoms with van der Waals surface area (Å²) >= 11 is 0. The number of nitrogens with one attached hydrogen (secondary N) is 1. The maximum absolute atomic E-state index is 12.8. The molecule has 0 aromatic carbocycles. The number of halogens is 6. The van der Waals surface area contributed by atoms with Gasteiger partial charge >= 0.3 is 18.3 Å². The lowest BCUT2D eigenvalue weighted by molar-refractivity contribution is -0.193. The molecule has 1 heterocycles. The number of carbonyl (C=O) groups is 1. The van der Waals surface area contributed by atoms with Gasteiger partial charge in [0.15, 0.2) is 5.71 Å². The van der Waals surface area contributed by atoms with Gasteiger partial charge in [-0.3, -0.25) is 0 Å². The van der Waals surface area contributed by atoms with Crippen LogP contribution in [0.15, 0.2) is 16.8 Å². The number of carboxylic acids is 1. The van der Waals surface area contributed by atoms with Gasteiger partial charge in [0.1, 0.15) is 5.57 Å². The average molecular weight is 290 g/mol. The van der Waals surface area contributed by atoms with E-state index in [9.17, 15) is 31.1 Å². The summed E-state index contributed by atoms with van der Waals surface area (Å²) in [7, 11) is 0. The Morgan fingerprint density at radius 3 is 2.21 bits per heavy atom. The number of rotatable bonds is 2. The van der Waals surface area contributed by atoms with E-state index in [4.69, 9.17) is 5.11 Å². The van der Waals surface area contributed by atoms with Crippen LogP contribution in [0.1, 0.15) is 13.3 Å². The molecule has 1 rings (SSSR count). The second-order valence-corrected chi connectivity index (χ2v) is 3.68. The molecule has 0 aromatic heterocycles. The highest BCUT2D eigenvalue weighted by atomic mass is 19.4. The number of nitrogens with zero attached hydrogens (tertiary/aromatic N) is 1. The molecule has 4 nitrogen and oxygen atoms in total. The summed E-state index contributed by atoms with van der Waals surface area (Å²) in [5, 5.41) is 10.1. The lowest BCUT2D eigenvalue weighted by Gasteiger charge is -2.35. The third-order valence-corrected chi connectivity index (χ3v) is 2.49. The van der Waals surface area contributed by atoms with Gasteiger partial charge in [-0.2, -0.15) is 26.3 Å². The van der Waals surface area contributed by atoms with Gasteiger partial charge in [-0.1, -0.05) is 6.92 Å². The maximum atomic E-state index is 12.8. The summed E-state index contributed by atoms with van der Waals surface area (Å²) in [4.78, 5) is 13.2. The molecule has 0 saturated carbocycles. The van der Waals surface area contributed by atoms with Gasteiger partial charge in [-0.25, -0.2) is 9.79 Å². The van der Waals surface area contributed by atoms with Gasteiger partial charge in [0, 0.05) is 6.20 Å². The Morgan fingerprint density at radius 2 is 1.89 bits per heavy atom. The van der Waals surface area contributed by atoms with Crippen LogP contribution in [0.3, 0.4) is 0 Å². The van der Waals surface area contributed by atoms with E-state index in [2.05, 4.69) is 4.99 Å². The molecule has 0 bridgehead atoms. The molecule has 108 valence electrons. The highest BCUT2D eigenvalue weighted by molar-refractivity contribution is 6.21. The van der Waals surface area contributed by atoms with Crippen molar-refractivity contribution >= 4 is 11.7 Å². The van der Waals surface area contributed by atoms with E-state index in [0.29, 0.717) is 0 Å². The fraction of sp³-hybridized carbons (Fsp3) is 0.556. The SMILES string of the molecule is CCC1(C(F)(F)F)N=C(C(F)(F)F)C(C(=O)O)=CN1. The first-order valence-electron chi connectivity index (χ1n) is 4.90. The van der Waals surface area contributed by atoms with E-state index < -0.39 is 41.7 Å². The van der Waals surface area contributed by atoms with E-state index in [1.165, 1.54) is 0 Å². The molecule has 0 fully saturated rings. The number of alkyl halides is 6. The fourth-order valence-corrected chi connectivity index (χ4v) is 1.45. The number of hydrogen-bond donors (Lipinski definition) is 2. The van der Waals surface area contributed by atoms with E-state index in [-0.39, 0.29) is 6.20 Å². The van der Waals surface area contributed by atoms with E-state index in [0.717, 1.165) is 6.92 Å². The fourth-order valence-electron chi connectivity index (χ4n) is 1.45. The minimum atomic E-state index is -5.29. The monoisotopic (exact) mass is 290 g/mol. The molecule has 1 atom stereocenters. The standard InChI is InChI=1S/C9H8F6N2O2/c1-2-7(9(13,14)15)16-3-4(6(18)19)5(17-7)8(10,11)12/h3,16H,2H2,1H3,(H,18,19). The van der Waals surface area contributed by atoms with Crippen molar-refractivity contribution in [3.05, 3.63) is 11.8 Å². The van der Waals surface area contributed by atoms with Crippen LogP contribution in [0.25, 0.3) is 0 Å². The van der Waals surface area contributed by atoms with Crippen LogP contribution in [0.5, 0.6) is 0 Å². The summed E-state index contributed by atoms with van der Waals surface area (Å²) in [6.07, 6.45) is -11.0. The quantitative estimate of drug-likeness (QED) is 0.767. The third kappa shape index (κ3) is 2.66. The van der Waals surface area contributed by atoms with Crippen molar-refractivity contribution in [1.82, 2.24) is 5.32 Å². The van der Waals surface area contributed by atoms with Gasteiger partial charge in [0.2, 0.25) is 5.66 Å². The number of aliphatic carboxylic acids is 1. The Labute approximate surface area is 102 Å². The molecule has 1 aliphatic heterocycles. The second-order valence-electron chi connectivity index (χ2n) is 3.68. The predicted molar refractivity (Wildman–Crippen MR) is 51.4 cm³/mol. The van der Waals surface area contributed by atoms with Crippen molar-refractivity contribution < 1.29 is 36.2 Å². The van der Waals surface area contributed by atoms with Crippen LogP contribution in [-0.4, -0.2) is 34.8 Å². The van der Waals surface area contributed by atoms with Gasteiger partial charge < -0.3 is 10.4 Å². The molecule has 0 saturated heterocycles. The molecule has 10 heteroatoms. The van der Waals surface area contributed by atoms with Crippen molar-refractivity contribution in [2.45, 2.75) is 31.4 Å². The minimum absolute atomic E-state index is 0.176. The molecular weight excluding hydrogens is 282 g/mol. The van der Waals surface area contributed by atoms with Crippen LogP contribution in [0, 0.1) is 0 Å². The maximum Gasteiger partial charge on any atom is 0.433 e. The summed E-state index contributed by atoms with van der Waals surface area (Å²) in [6.45, 7) is 0.984. The molecule has 0 amide bonds. The van der Waals surface area contributed by atoms with Crippen LogP contribution in [0.4, 0.5) is 26.3 Å². The summed E-state index contributed by atoms with van der Waals surface area (Å²) in [5.74, 6) is -2.02. The lowest BCUT2D eigenvalue weighted by atomic mass is 10.0. The third-order valence-electron chi connectivity index (χ3n) is 2.49. The minimum Gasteiger partial charge on any atom is -0.478 e. The first kappa shape index (κ1) is 15.3. The van der Waals surface area contributed by atoms with Crippen LogP contribution >= 0.6 is 0 Å². The van der Waals surface area contributed by atoms with Gasteiger partial charge in [0.05, 0.1) is 0 Å². The molecule has 1 aliphatic rings. The van der Waals surface area contributed by atoms with Gasteiger partial charge in [-0.05, 0) is 6.42 Å². The zero-order valence-electron chi connectivity index (χ0n) is 9.35. The van der Waals surface area contributed by atoms with E-state index >= 15 is 0 Å².